The molecule has 1 aromatic carbocycles. The second-order valence-corrected chi connectivity index (χ2v) is 4.94. The van der Waals surface area contributed by atoms with Gasteiger partial charge in [0.1, 0.15) is 12.1 Å². The lowest BCUT2D eigenvalue weighted by Gasteiger charge is -2.34. The Labute approximate surface area is 106 Å². The van der Waals surface area contributed by atoms with Crippen LogP contribution in [-0.2, 0) is 16.0 Å². The smallest absolute Gasteiger partial charge is 0.246 e. The fourth-order valence-electron chi connectivity index (χ4n) is 2.82. The molecule has 0 aliphatic carbocycles. The van der Waals surface area contributed by atoms with Gasteiger partial charge in [0.15, 0.2) is 0 Å². The molecule has 0 aromatic heterocycles. The summed E-state index contributed by atoms with van der Waals surface area (Å²) in [4.78, 5) is 25.9. The molecule has 0 bridgehead atoms. The van der Waals surface area contributed by atoms with Crippen molar-refractivity contribution in [1.82, 2.24) is 10.2 Å². The molecule has 4 nitrogen and oxygen atoms in total. The molecule has 2 aliphatic rings. The van der Waals surface area contributed by atoms with Crippen LogP contribution in [0, 0.1) is 0 Å². The van der Waals surface area contributed by atoms with E-state index in [2.05, 4.69) is 5.32 Å². The monoisotopic (exact) mass is 244 g/mol. The van der Waals surface area contributed by atoms with E-state index in [0.717, 1.165) is 24.9 Å². The summed E-state index contributed by atoms with van der Waals surface area (Å²) in [5.74, 6) is 0.0778. The lowest BCUT2D eigenvalue weighted by atomic mass is 10.0. The molecule has 0 saturated carbocycles. The Kier molecular flexibility index (Phi) is 2.78. The molecule has 3 rings (SSSR count). The molecule has 2 fully saturated rings. The number of carbonyl (C=O) groups excluding carboxylic acids is 2. The quantitative estimate of drug-likeness (QED) is 0.833. The second kappa shape index (κ2) is 4.44. The van der Waals surface area contributed by atoms with Gasteiger partial charge in [-0.05, 0) is 18.4 Å². The van der Waals surface area contributed by atoms with E-state index in [9.17, 15) is 9.59 Å². The number of piperazine rings is 1. The van der Waals surface area contributed by atoms with Crippen molar-refractivity contribution in [1.29, 1.82) is 0 Å². The van der Waals surface area contributed by atoms with Gasteiger partial charge in [-0.1, -0.05) is 30.3 Å². The van der Waals surface area contributed by atoms with E-state index in [1.54, 1.807) is 4.90 Å². The number of benzene rings is 1. The summed E-state index contributed by atoms with van der Waals surface area (Å²) in [6.45, 7) is 0.724. The molecule has 2 saturated heterocycles. The van der Waals surface area contributed by atoms with E-state index in [4.69, 9.17) is 0 Å². The van der Waals surface area contributed by atoms with Crippen LogP contribution in [0.15, 0.2) is 30.3 Å². The van der Waals surface area contributed by atoms with Gasteiger partial charge in [0.05, 0.1) is 0 Å². The molecule has 18 heavy (non-hydrogen) atoms. The first-order valence-corrected chi connectivity index (χ1v) is 6.40. The number of hydrogen-bond acceptors (Lipinski definition) is 2. The van der Waals surface area contributed by atoms with Gasteiger partial charge in [-0.3, -0.25) is 9.59 Å². The van der Waals surface area contributed by atoms with Crippen molar-refractivity contribution < 1.29 is 9.59 Å². The van der Waals surface area contributed by atoms with Gasteiger partial charge in [-0.25, -0.2) is 0 Å². The number of nitrogens with zero attached hydrogens (tertiary/aromatic N) is 1. The predicted molar refractivity (Wildman–Crippen MR) is 66.8 cm³/mol. The third-order valence-corrected chi connectivity index (χ3v) is 3.74. The second-order valence-electron chi connectivity index (χ2n) is 4.94. The van der Waals surface area contributed by atoms with E-state index in [1.165, 1.54) is 0 Å². The Bertz CT molecular complexity index is 472. The molecule has 0 radical (unpaired) electrons. The van der Waals surface area contributed by atoms with Crippen LogP contribution in [0.25, 0.3) is 0 Å². The maximum Gasteiger partial charge on any atom is 0.246 e. The molecule has 2 aliphatic heterocycles. The molecule has 0 spiro atoms. The number of carbonyl (C=O) groups is 2. The van der Waals surface area contributed by atoms with Crippen molar-refractivity contribution in [2.45, 2.75) is 31.3 Å². The average Bonchev–Trinajstić information content (AvgIpc) is 2.87. The predicted octanol–water partition coefficient (Wildman–Crippen LogP) is 0.718. The highest BCUT2D eigenvalue weighted by Crippen LogP contribution is 2.23. The summed E-state index contributed by atoms with van der Waals surface area (Å²) in [7, 11) is 0. The minimum Gasteiger partial charge on any atom is -0.342 e. The first kappa shape index (κ1) is 11.3. The van der Waals surface area contributed by atoms with Gasteiger partial charge in [-0.2, -0.15) is 0 Å². The van der Waals surface area contributed by atoms with Crippen LogP contribution in [0.1, 0.15) is 18.4 Å². The zero-order valence-corrected chi connectivity index (χ0v) is 10.1. The first-order chi connectivity index (χ1) is 8.75. The van der Waals surface area contributed by atoms with Gasteiger partial charge in [0.2, 0.25) is 11.8 Å². The zero-order valence-electron chi connectivity index (χ0n) is 10.1. The molecule has 2 amide bonds. The third kappa shape index (κ3) is 1.88. The minimum atomic E-state index is -0.394. The molecule has 94 valence electrons. The fourth-order valence-corrected chi connectivity index (χ4v) is 2.82. The first-order valence-electron chi connectivity index (χ1n) is 6.40. The van der Waals surface area contributed by atoms with Crippen LogP contribution in [0.3, 0.4) is 0 Å². The summed E-state index contributed by atoms with van der Waals surface area (Å²) in [6, 6.07) is 9.19. The Hall–Kier alpha value is -1.84. The summed E-state index contributed by atoms with van der Waals surface area (Å²) in [5, 5.41) is 2.86. The molecule has 2 heterocycles. The van der Waals surface area contributed by atoms with Crippen molar-refractivity contribution in [2.75, 3.05) is 6.54 Å². The summed E-state index contributed by atoms with van der Waals surface area (Å²) in [5.41, 5.74) is 1.08. The summed E-state index contributed by atoms with van der Waals surface area (Å²) < 4.78 is 0. The van der Waals surface area contributed by atoms with E-state index in [-0.39, 0.29) is 17.9 Å². The Balaban J connectivity index is 1.77. The zero-order chi connectivity index (χ0) is 12.5. The van der Waals surface area contributed by atoms with E-state index < -0.39 is 6.04 Å². The van der Waals surface area contributed by atoms with Crippen LogP contribution in [0.2, 0.25) is 0 Å². The topological polar surface area (TPSA) is 49.4 Å². The normalized spacial score (nSPS) is 27.0. The molecule has 4 heteroatoms. The number of rotatable bonds is 2. The number of fused-ring (bicyclic) bond motifs is 1. The highest BCUT2D eigenvalue weighted by Gasteiger charge is 2.42. The maximum atomic E-state index is 12.3. The van der Waals surface area contributed by atoms with Crippen molar-refractivity contribution in [3.8, 4) is 0 Å². The lowest BCUT2D eigenvalue weighted by molar-refractivity contribution is -0.146. The van der Waals surface area contributed by atoms with Crippen LogP contribution >= 0.6 is 0 Å². The van der Waals surface area contributed by atoms with E-state index in [0.29, 0.717) is 6.42 Å². The molecule has 2 atom stereocenters. The molecule has 1 aromatic rings. The highest BCUT2D eigenvalue weighted by molar-refractivity contribution is 5.97. The van der Waals surface area contributed by atoms with Crippen molar-refractivity contribution in [3.05, 3.63) is 35.9 Å². The van der Waals surface area contributed by atoms with Crippen molar-refractivity contribution in [2.24, 2.45) is 0 Å². The van der Waals surface area contributed by atoms with Gasteiger partial charge >= 0.3 is 0 Å². The minimum absolute atomic E-state index is 0.00744. The molecule has 1 N–H and O–H groups in total. The standard InChI is InChI=1S/C14H16N2O2/c17-13-12-7-4-8-16(12)14(18)11(15-13)9-10-5-2-1-3-6-10/h1-3,5-6,11-12H,4,7-9H2,(H,15,17)/t11?,12-/m0/s1. The summed E-state index contributed by atoms with van der Waals surface area (Å²) >= 11 is 0. The maximum absolute atomic E-state index is 12.3. The van der Waals surface area contributed by atoms with Crippen LogP contribution < -0.4 is 5.32 Å². The van der Waals surface area contributed by atoms with Crippen LogP contribution in [0.5, 0.6) is 0 Å². The fraction of sp³-hybridized carbons (Fsp3) is 0.429. The Morgan fingerprint density at radius 1 is 1.22 bits per heavy atom. The number of amides is 2. The molecule has 1 unspecified atom stereocenters. The molecular weight excluding hydrogens is 228 g/mol. The number of hydrogen-bond donors (Lipinski definition) is 1. The van der Waals surface area contributed by atoms with Crippen molar-refractivity contribution >= 4 is 11.8 Å². The Morgan fingerprint density at radius 3 is 2.78 bits per heavy atom. The average molecular weight is 244 g/mol. The number of nitrogens with one attached hydrogen (secondary N) is 1. The van der Waals surface area contributed by atoms with Gasteiger partial charge in [-0.15, -0.1) is 0 Å². The van der Waals surface area contributed by atoms with Crippen molar-refractivity contribution in [3.63, 3.8) is 0 Å². The van der Waals surface area contributed by atoms with Crippen LogP contribution in [0.4, 0.5) is 0 Å². The van der Waals surface area contributed by atoms with E-state index in [1.807, 2.05) is 30.3 Å². The summed E-state index contributed by atoms with van der Waals surface area (Å²) in [6.07, 6.45) is 2.31. The lowest BCUT2D eigenvalue weighted by Crippen LogP contribution is -2.61. The third-order valence-electron chi connectivity index (χ3n) is 3.74. The van der Waals surface area contributed by atoms with Gasteiger partial charge in [0, 0.05) is 13.0 Å². The van der Waals surface area contributed by atoms with Gasteiger partial charge < -0.3 is 10.2 Å². The largest absolute Gasteiger partial charge is 0.342 e. The molecular formula is C14H16N2O2. The van der Waals surface area contributed by atoms with E-state index >= 15 is 0 Å². The van der Waals surface area contributed by atoms with Gasteiger partial charge in [0.25, 0.3) is 0 Å². The Morgan fingerprint density at radius 2 is 2.00 bits per heavy atom. The highest BCUT2D eigenvalue weighted by atomic mass is 16.2. The SMILES string of the molecule is O=C1NC(Cc2ccccc2)C(=O)N2CCC[C@@H]12. The van der Waals surface area contributed by atoms with Crippen LogP contribution in [-0.4, -0.2) is 35.3 Å².